The minimum absolute atomic E-state index is 0.0173. The Kier molecular flexibility index (Phi) is 3.85. The molecule has 5 heteroatoms. The first-order valence-electron chi connectivity index (χ1n) is 9.68. The van der Waals surface area contributed by atoms with Gasteiger partial charge in [-0.1, -0.05) is 24.8 Å². The van der Waals surface area contributed by atoms with Crippen LogP contribution in [0, 0.1) is 0 Å². The lowest BCUT2D eigenvalue weighted by molar-refractivity contribution is -0.944. The van der Waals surface area contributed by atoms with Crippen molar-refractivity contribution < 1.29 is 19.5 Å². The van der Waals surface area contributed by atoms with Gasteiger partial charge in [0.15, 0.2) is 0 Å². The second-order valence-electron chi connectivity index (χ2n) is 8.94. The zero-order chi connectivity index (χ0) is 19.6. The van der Waals surface area contributed by atoms with Gasteiger partial charge in [0.2, 0.25) is 0 Å². The van der Waals surface area contributed by atoms with Crippen molar-refractivity contribution in [2.75, 3.05) is 20.1 Å². The van der Waals surface area contributed by atoms with E-state index in [1.165, 1.54) is 0 Å². The van der Waals surface area contributed by atoms with Gasteiger partial charge in [0.25, 0.3) is 5.91 Å². The summed E-state index contributed by atoms with van der Waals surface area (Å²) >= 11 is 0. The SMILES string of the molecule is C=CC[N+]1(C)CC[C@]23CC(=C)CC[C@@]2(O)[C@H]1Cc1ccc(C(N)=O)c(O)c13. The Hall–Kier alpha value is -2.11. The van der Waals surface area contributed by atoms with Gasteiger partial charge in [-0.2, -0.15) is 0 Å². The normalized spacial score (nSPS) is 37.3. The standard InChI is InChI=1S/C22H28N2O3/c1-4-10-24(3)11-9-21-13-14(2)7-8-22(21,27)17(24)12-15-5-6-16(20(23)26)19(25)18(15)21/h4-6,17,27H,1-2,7-13H2,3H3,(H2-,23,25,26)/p+1/t17-,21-,22-,24?/m1/s1. The van der Waals surface area contributed by atoms with Gasteiger partial charge in [0.05, 0.1) is 25.7 Å². The second-order valence-corrected chi connectivity index (χ2v) is 8.94. The molecule has 1 saturated heterocycles. The topological polar surface area (TPSA) is 83.5 Å². The van der Waals surface area contributed by atoms with Crippen LogP contribution in [-0.2, 0) is 11.8 Å². The zero-order valence-corrected chi connectivity index (χ0v) is 16.0. The van der Waals surface area contributed by atoms with Crippen LogP contribution in [0.1, 0.15) is 47.2 Å². The molecule has 1 aliphatic heterocycles. The van der Waals surface area contributed by atoms with E-state index in [4.69, 9.17) is 5.73 Å². The Balaban J connectivity index is 2.00. The van der Waals surface area contributed by atoms with Gasteiger partial charge < -0.3 is 20.4 Å². The maximum absolute atomic E-state index is 12.1. The third-order valence-electron chi connectivity index (χ3n) is 7.56. The summed E-state index contributed by atoms with van der Waals surface area (Å²) in [5.41, 5.74) is 6.88. The molecule has 4 rings (SSSR count). The summed E-state index contributed by atoms with van der Waals surface area (Å²) in [6.07, 6.45) is 5.37. The number of rotatable bonds is 3. The number of likely N-dealkylation sites (N-methyl/N-ethyl adjacent to an activating group) is 1. The number of primary amides is 1. The van der Waals surface area contributed by atoms with Crippen molar-refractivity contribution >= 4 is 5.91 Å². The lowest BCUT2D eigenvalue weighted by atomic mass is 9.48. The monoisotopic (exact) mass is 369 g/mol. The quantitative estimate of drug-likeness (QED) is 0.564. The number of phenols is 1. The Labute approximate surface area is 160 Å². The molecular formula is C22H29N2O3+. The van der Waals surface area contributed by atoms with E-state index in [1.54, 1.807) is 6.07 Å². The average Bonchev–Trinajstić information content (AvgIpc) is 2.59. The summed E-state index contributed by atoms with van der Waals surface area (Å²) < 4.78 is 0.742. The van der Waals surface area contributed by atoms with Crippen LogP contribution in [0.2, 0.25) is 0 Å². The Morgan fingerprint density at radius 3 is 2.85 bits per heavy atom. The van der Waals surface area contributed by atoms with E-state index in [-0.39, 0.29) is 17.4 Å². The largest absolute Gasteiger partial charge is 0.507 e. The first kappa shape index (κ1) is 18.3. The van der Waals surface area contributed by atoms with Crippen LogP contribution in [0.15, 0.2) is 36.9 Å². The highest BCUT2D eigenvalue weighted by molar-refractivity contribution is 5.96. The number of aromatic hydroxyl groups is 1. The van der Waals surface area contributed by atoms with Crippen LogP contribution in [-0.4, -0.2) is 52.4 Å². The van der Waals surface area contributed by atoms with Crippen LogP contribution in [0.3, 0.4) is 0 Å². The number of quaternary nitrogens is 1. The van der Waals surface area contributed by atoms with Crippen molar-refractivity contribution in [2.24, 2.45) is 5.73 Å². The van der Waals surface area contributed by atoms with Crippen molar-refractivity contribution in [3.05, 3.63) is 53.6 Å². The number of nitrogens with two attached hydrogens (primary N) is 1. The maximum Gasteiger partial charge on any atom is 0.252 e. The highest BCUT2D eigenvalue weighted by atomic mass is 16.3. The summed E-state index contributed by atoms with van der Waals surface area (Å²) in [7, 11) is 2.19. The maximum atomic E-state index is 12.1. The molecule has 0 spiro atoms. The fourth-order valence-corrected chi connectivity index (χ4v) is 6.26. The minimum atomic E-state index is -0.953. The highest BCUT2D eigenvalue weighted by Gasteiger charge is 2.69. The molecule has 2 bridgehead atoms. The van der Waals surface area contributed by atoms with Crippen molar-refractivity contribution in [2.45, 2.75) is 49.2 Å². The number of carbonyl (C=O) groups is 1. The number of likely N-dealkylation sites (tertiary alicyclic amines) is 1. The summed E-state index contributed by atoms with van der Waals surface area (Å²) in [6.45, 7) is 9.81. The summed E-state index contributed by atoms with van der Waals surface area (Å²) in [5.74, 6) is -0.693. The number of nitrogens with zero attached hydrogens (tertiary/aromatic N) is 1. The van der Waals surface area contributed by atoms with E-state index in [0.29, 0.717) is 19.3 Å². The molecule has 4 atom stereocenters. The van der Waals surface area contributed by atoms with Crippen LogP contribution < -0.4 is 5.73 Å². The van der Waals surface area contributed by atoms with E-state index in [9.17, 15) is 15.0 Å². The number of aliphatic hydroxyl groups is 1. The number of carbonyl (C=O) groups excluding carboxylic acids is 1. The van der Waals surface area contributed by atoms with Crippen molar-refractivity contribution in [3.8, 4) is 5.75 Å². The molecule has 1 amide bonds. The first-order valence-corrected chi connectivity index (χ1v) is 9.68. The van der Waals surface area contributed by atoms with E-state index in [1.807, 2.05) is 12.1 Å². The molecule has 2 aliphatic carbocycles. The molecular weight excluding hydrogens is 340 g/mol. The molecule has 0 radical (unpaired) electrons. The van der Waals surface area contributed by atoms with Crippen LogP contribution in [0.5, 0.6) is 5.75 Å². The summed E-state index contributed by atoms with van der Waals surface area (Å²) in [5, 5.41) is 23.1. The number of hydrogen-bond acceptors (Lipinski definition) is 3. The van der Waals surface area contributed by atoms with E-state index in [0.717, 1.165) is 47.1 Å². The number of allylic oxidation sites excluding steroid dienone is 1. The van der Waals surface area contributed by atoms with Gasteiger partial charge >= 0.3 is 0 Å². The number of hydrogen-bond donors (Lipinski definition) is 3. The molecule has 0 aromatic heterocycles. The predicted molar refractivity (Wildman–Crippen MR) is 104 cm³/mol. The molecule has 3 aliphatic rings. The van der Waals surface area contributed by atoms with Crippen LogP contribution in [0.25, 0.3) is 0 Å². The number of piperidine rings is 1. The number of fused-ring (bicyclic) bond motifs is 1. The summed E-state index contributed by atoms with van der Waals surface area (Å²) in [4.78, 5) is 11.8. The molecule has 1 saturated carbocycles. The van der Waals surface area contributed by atoms with Gasteiger partial charge in [0.1, 0.15) is 17.4 Å². The molecule has 144 valence electrons. The molecule has 27 heavy (non-hydrogen) atoms. The Bertz CT molecular complexity index is 863. The Morgan fingerprint density at radius 2 is 2.19 bits per heavy atom. The van der Waals surface area contributed by atoms with Gasteiger partial charge in [-0.3, -0.25) is 4.79 Å². The highest BCUT2D eigenvalue weighted by Crippen LogP contribution is 2.62. The van der Waals surface area contributed by atoms with E-state index >= 15 is 0 Å². The van der Waals surface area contributed by atoms with Crippen LogP contribution >= 0.6 is 0 Å². The molecule has 1 aromatic rings. The number of amides is 1. The van der Waals surface area contributed by atoms with Gasteiger partial charge in [-0.25, -0.2) is 0 Å². The molecule has 1 unspecified atom stereocenters. The molecule has 5 nitrogen and oxygen atoms in total. The molecule has 2 fully saturated rings. The lowest BCUT2D eigenvalue weighted by Gasteiger charge is -2.65. The zero-order valence-electron chi connectivity index (χ0n) is 16.0. The third-order valence-corrected chi connectivity index (χ3v) is 7.56. The van der Waals surface area contributed by atoms with Crippen molar-refractivity contribution in [1.29, 1.82) is 0 Å². The van der Waals surface area contributed by atoms with Gasteiger partial charge in [-0.15, -0.1) is 0 Å². The van der Waals surface area contributed by atoms with E-state index < -0.39 is 16.9 Å². The van der Waals surface area contributed by atoms with Gasteiger partial charge in [-0.05, 0) is 37.0 Å². The fraction of sp³-hybridized carbons (Fsp3) is 0.500. The molecule has 1 heterocycles. The number of benzene rings is 1. The summed E-state index contributed by atoms with van der Waals surface area (Å²) in [6, 6.07) is 3.54. The van der Waals surface area contributed by atoms with E-state index in [2.05, 4.69) is 20.2 Å². The van der Waals surface area contributed by atoms with Gasteiger partial charge in [0, 0.05) is 23.8 Å². The lowest BCUT2D eigenvalue weighted by Crippen LogP contribution is -2.77. The smallest absolute Gasteiger partial charge is 0.252 e. The third kappa shape index (κ3) is 2.21. The second kappa shape index (κ2) is 5.69. The Morgan fingerprint density at radius 1 is 1.44 bits per heavy atom. The molecule has 1 aromatic carbocycles. The average molecular weight is 369 g/mol. The predicted octanol–water partition coefficient (Wildman–Crippen LogP) is 2.16. The molecule has 4 N–H and O–H groups in total. The fourth-order valence-electron chi connectivity index (χ4n) is 6.26. The first-order chi connectivity index (χ1) is 12.7. The van der Waals surface area contributed by atoms with Crippen LogP contribution in [0.4, 0.5) is 0 Å². The van der Waals surface area contributed by atoms with Crippen molar-refractivity contribution in [1.82, 2.24) is 0 Å². The minimum Gasteiger partial charge on any atom is -0.507 e. The van der Waals surface area contributed by atoms with Crippen molar-refractivity contribution in [3.63, 3.8) is 0 Å².